The summed E-state index contributed by atoms with van der Waals surface area (Å²) < 4.78 is 5.61. The van der Waals surface area contributed by atoms with E-state index in [0.717, 1.165) is 24.5 Å². The Labute approximate surface area is 113 Å². The molecule has 1 aliphatic heterocycles. The number of rotatable bonds is 5. The molecule has 0 aromatic heterocycles. The van der Waals surface area contributed by atoms with Crippen LogP contribution in [0.15, 0.2) is 24.3 Å². The first kappa shape index (κ1) is 13.3. The number of amides is 1. The van der Waals surface area contributed by atoms with Gasteiger partial charge in [-0.1, -0.05) is 19.1 Å². The second-order valence-electron chi connectivity index (χ2n) is 4.19. The molecule has 0 atom stereocenters. The molecular formula is C14H19NO2S. The first-order valence-corrected chi connectivity index (χ1v) is 7.57. The molecule has 0 N–H and O–H groups in total. The van der Waals surface area contributed by atoms with E-state index in [-0.39, 0.29) is 5.91 Å². The minimum Gasteiger partial charge on any atom is -0.491 e. The number of ether oxygens (including phenoxy) is 1. The highest BCUT2D eigenvalue weighted by atomic mass is 32.2. The summed E-state index contributed by atoms with van der Waals surface area (Å²) in [7, 11) is 0. The van der Waals surface area contributed by atoms with E-state index in [1.807, 2.05) is 40.9 Å². The summed E-state index contributed by atoms with van der Waals surface area (Å²) in [6.07, 6.45) is 1.05. The van der Waals surface area contributed by atoms with E-state index in [2.05, 4.69) is 6.92 Å². The van der Waals surface area contributed by atoms with Crippen LogP contribution in [0, 0.1) is 0 Å². The van der Waals surface area contributed by atoms with Crippen LogP contribution in [-0.4, -0.2) is 42.0 Å². The SMILES string of the molecule is CCSCCCN1CCOc2ccccc2C1=O. The molecule has 2 rings (SSSR count). The fraction of sp³-hybridized carbons (Fsp3) is 0.500. The molecule has 0 aliphatic carbocycles. The van der Waals surface area contributed by atoms with Crippen molar-refractivity contribution in [3.8, 4) is 5.75 Å². The molecule has 0 bridgehead atoms. The van der Waals surface area contributed by atoms with Gasteiger partial charge in [-0.05, 0) is 30.1 Å². The van der Waals surface area contributed by atoms with Crippen LogP contribution in [0.4, 0.5) is 0 Å². The van der Waals surface area contributed by atoms with Gasteiger partial charge in [-0.25, -0.2) is 0 Å². The van der Waals surface area contributed by atoms with E-state index in [0.29, 0.717) is 24.5 Å². The predicted octanol–water partition coefficient (Wildman–Crippen LogP) is 2.66. The van der Waals surface area contributed by atoms with Crippen molar-refractivity contribution in [3.63, 3.8) is 0 Å². The van der Waals surface area contributed by atoms with E-state index >= 15 is 0 Å². The molecule has 1 aromatic rings. The molecule has 1 heterocycles. The molecule has 0 spiro atoms. The molecular weight excluding hydrogens is 246 g/mol. The van der Waals surface area contributed by atoms with Crippen molar-refractivity contribution in [3.05, 3.63) is 29.8 Å². The number of hydrogen-bond donors (Lipinski definition) is 0. The third-order valence-electron chi connectivity index (χ3n) is 2.94. The van der Waals surface area contributed by atoms with Gasteiger partial charge in [-0.15, -0.1) is 0 Å². The van der Waals surface area contributed by atoms with E-state index in [1.54, 1.807) is 0 Å². The Balaban J connectivity index is 1.99. The summed E-state index contributed by atoms with van der Waals surface area (Å²) in [6, 6.07) is 7.50. The highest BCUT2D eigenvalue weighted by Gasteiger charge is 2.22. The van der Waals surface area contributed by atoms with Crippen LogP contribution in [0.5, 0.6) is 5.75 Å². The number of carbonyl (C=O) groups is 1. The van der Waals surface area contributed by atoms with Gasteiger partial charge in [-0.3, -0.25) is 4.79 Å². The predicted molar refractivity (Wildman–Crippen MR) is 75.5 cm³/mol. The van der Waals surface area contributed by atoms with Crippen molar-refractivity contribution in [2.24, 2.45) is 0 Å². The largest absolute Gasteiger partial charge is 0.491 e. The number of benzene rings is 1. The quantitative estimate of drug-likeness (QED) is 0.767. The maximum absolute atomic E-state index is 12.3. The third-order valence-corrected chi connectivity index (χ3v) is 3.93. The summed E-state index contributed by atoms with van der Waals surface area (Å²) in [5.74, 6) is 3.07. The summed E-state index contributed by atoms with van der Waals surface area (Å²) >= 11 is 1.92. The summed E-state index contributed by atoms with van der Waals surface area (Å²) in [5.41, 5.74) is 0.693. The Morgan fingerprint density at radius 3 is 3.06 bits per heavy atom. The molecule has 0 fully saturated rings. The zero-order chi connectivity index (χ0) is 12.8. The standard InChI is InChI=1S/C14H19NO2S/c1-2-18-11-5-8-15-9-10-17-13-7-4-3-6-12(13)14(15)16/h3-4,6-7H,2,5,8-11H2,1H3. The van der Waals surface area contributed by atoms with E-state index in [4.69, 9.17) is 4.74 Å². The van der Waals surface area contributed by atoms with Crippen LogP contribution < -0.4 is 4.74 Å². The second kappa shape index (κ2) is 6.69. The first-order chi connectivity index (χ1) is 8.83. The van der Waals surface area contributed by atoms with Gasteiger partial charge in [0, 0.05) is 6.54 Å². The van der Waals surface area contributed by atoms with Gasteiger partial charge in [0.15, 0.2) is 0 Å². The number of thioether (sulfide) groups is 1. The van der Waals surface area contributed by atoms with Gasteiger partial charge in [0.05, 0.1) is 12.1 Å². The minimum atomic E-state index is 0.101. The van der Waals surface area contributed by atoms with Gasteiger partial charge in [0.25, 0.3) is 5.91 Å². The van der Waals surface area contributed by atoms with Crippen LogP contribution in [-0.2, 0) is 0 Å². The van der Waals surface area contributed by atoms with Crippen LogP contribution >= 0.6 is 11.8 Å². The summed E-state index contributed by atoms with van der Waals surface area (Å²) in [6.45, 7) is 4.25. The third kappa shape index (κ3) is 3.19. The molecule has 0 radical (unpaired) electrons. The minimum absolute atomic E-state index is 0.101. The van der Waals surface area contributed by atoms with Gasteiger partial charge >= 0.3 is 0 Å². The van der Waals surface area contributed by atoms with Crippen molar-refractivity contribution >= 4 is 17.7 Å². The van der Waals surface area contributed by atoms with Gasteiger partial charge < -0.3 is 9.64 Å². The Morgan fingerprint density at radius 1 is 1.39 bits per heavy atom. The highest BCUT2D eigenvalue weighted by Crippen LogP contribution is 2.22. The van der Waals surface area contributed by atoms with E-state index < -0.39 is 0 Å². The molecule has 1 aromatic carbocycles. The fourth-order valence-electron chi connectivity index (χ4n) is 2.02. The van der Waals surface area contributed by atoms with E-state index in [9.17, 15) is 4.79 Å². The first-order valence-electron chi connectivity index (χ1n) is 6.41. The fourth-order valence-corrected chi connectivity index (χ4v) is 2.64. The molecule has 0 saturated heterocycles. The zero-order valence-electron chi connectivity index (χ0n) is 10.7. The molecule has 1 aliphatic rings. The van der Waals surface area contributed by atoms with E-state index in [1.165, 1.54) is 0 Å². The van der Waals surface area contributed by atoms with Gasteiger partial charge in [-0.2, -0.15) is 11.8 Å². The molecule has 4 heteroatoms. The summed E-state index contributed by atoms with van der Waals surface area (Å²) in [4.78, 5) is 14.2. The average molecular weight is 265 g/mol. The normalized spacial score (nSPS) is 14.9. The molecule has 3 nitrogen and oxygen atoms in total. The van der Waals surface area contributed by atoms with Gasteiger partial charge in [0.2, 0.25) is 0 Å². The maximum Gasteiger partial charge on any atom is 0.257 e. The lowest BCUT2D eigenvalue weighted by Gasteiger charge is -2.19. The van der Waals surface area contributed by atoms with Crippen LogP contribution in [0.2, 0.25) is 0 Å². The summed E-state index contributed by atoms with van der Waals surface area (Å²) in [5, 5.41) is 0. The maximum atomic E-state index is 12.3. The lowest BCUT2D eigenvalue weighted by atomic mass is 10.2. The number of fused-ring (bicyclic) bond motifs is 1. The monoisotopic (exact) mass is 265 g/mol. The molecule has 0 saturated carbocycles. The van der Waals surface area contributed by atoms with Crippen molar-refractivity contribution in [1.29, 1.82) is 0 Å². The van der Waals surface area contributed by atoms with Crippen molar-refractivity contribution < 1.29 is 9.53 Å². The molecule has 18 heavy (non-hydrogen) atoms. The number of carbonyl (C=O) groups excluding carboxylic acids is 1. The van der Waals surface area contributed by atoms with Crippen LogP contribution in [0.3, 0.4) is 0 Å². The average Bonchev–Trinajstić information content (AvgIpc) is 2.56. The van der Waals surface area contributed by atoms with Crippen molar-refractivity contribution in [2.75, 3.05) is 31.2 Å². The lowest BCUT2D eigenvalue weighted by Crippen LogP contribution is -2.33. The van der Waals surface area contributed by atoms with Crippen LogP contribution in [0.1, 0.15) is 23.7 Å². The second-order valence-corrected chi connectivity index (χ2v) is 5.58. The zero-order valence-corrected chi connectivity index (χ0v) is 11.5. The molecule has 98 valence electrons. The highest BCUT2D eigenvalue weighted by molar-refractivity contribution is 7.99. The Bertz CT molecular complexity index is 409. The topological polar surface area (TPSA) is 29.5 Å². The smallest absolute Gasteiger partial charge is 0.257 e. The lowest BCUT2D eigenvalue weighted by molar-refractivity contribution is 0.0756. The molecule has 0 unspecified atom stereocenters. The number of nitrogens with zero attached hydrogens (tertiary/aromatic N) is 1. The Kier molecular flexibility index (Phi) is 4.93. The Morgan fingerprint density at radius 2 is 2.22 bits per heavy atom. The van der Waals surface area contributed by atoms with Crippen molar-refractivity contribution in [1.82, 2.24) is 4.90 Å². The van der Waals surface area contributed by atoms with Crippen LogP contribution in [0.25, 0.3) is 0 Å². The van der Waals surface area contributed by atoms with Gasteiger partial charge in [0.1, 0.15) is 12.4 Å². The number of hydrogen-bond acceptors (Lipinski definition) is 3. The molecule has 1 amide bonds. The van der Waals surface area contributed by atoms with Crippen molar-refractivity contribution in [2.45, 2.75) is 13.3 Å². The number of para-hydroxylation sites is 1. The Hall–Kier alpha value is -1.16.